The Morgan fingerprint density at radius 1 is 0.617 bits per heavy atom. The average molecular weight is 782 g/mol. The van der Waals surface area contributed by atoms with Crippen molar-refractivity contribution in [1.82, 2.24) is 0 Å². The van der Waals surface area contributed by atoms with Crippen LogP contribution in [0.5, 0.6) is 11.5 Å². The molecule has 2 nitrogen and oxygen atoms in total. The van der Waals surface area contributed by atoms with Crippen molar-refractivity contribution in [3.05, 3.63) is 103 Å². The lowest BCUT2D eigenvalue weighted by molar-refractivity contribution is -0.143. The fourth-order valence-electron chi connectivity index (χ4n) is 6.63. The first kappa shape index (κ1) is 33.9. The van der Waals surface area contributed by atoms with Crippen LogP contribution >= 0.6 is 31.9 Å². The van der Waals surface area contributed by atoms with Crippen molar-refractivity contribution >= 4 is 31.9 Å². The maximum Gasteiger partial charge on any atom is 0.416 e. The van der Waals surface area contributed by atoms with Crippen LogP contribution in [0.1, 0.15) is 73.9 Å². The van der Waals surface area contributed by atoms with E-state index in [1.165, 1.54) is 0 Å². The Morgan fingerprint density at radius 2 is 1.11 bits per heavy atom. The summed E-state index contributed by atoms with van der Waals surface area (Å²) < 4.78 is 102. The summed E-state index contributed by atoms with van der Waals surface area (Å²) in [5.41, 5.74) is -1.58. The quantitative estimate of drug-likeness (QED) is 0.143. The maximum atomic E-state index is 15.2. The molecule has 0 aliphatic heterocycles. The van der Waals surface area contributed by atoms with E-state index < -0.39 is 28.9 Å². The second-order valence-corrected chi connectivity index (χ2v) is 14.4. The molecule has 10 heteroatoms. The molecule has 0 N–H and O–H groups in total. The third kappa shape index (κ3) is 5.67. The van der Waals surface area contributed by atoms with Crippen LogP contribution in [0.2, 0.25) is 0 Å². The highest BCUT2D eigenvalue weighted by Crippen LogP contribution is 2.66. The summed E-state index contributed by atoms with van der Waals surface area (Å²) in [5, 5.41) is 0. The maximum absolute atomic E-state index is 15.2. The molecule has 4 aromatic rings. The van der Waals surface area contributed by atoms with Crippen molar-refractivity contribution in [3.63, 3.8) is 0 Å². The van der Waals surface area contributed by atoms with Crippen LogP contribution in [0.3, 0.4) is 0 Å². The number of hydrogen-bond donors (Lipinski definition) is 0. The van der Waals surface area contributed by atoms with E-state index >= 15 is 13.2 Å². The molecule has 2 unspecified atom stereocenters. The van der Waals surface area contributed by atoms with Gasteiger partial charge in [0.25, 0.3) is 0 Å². The molecule has 248 valence electrons. The number of alkyl halides is 6. The molecule has 0 saturated heterocycles. The van der Waals surface area contributed by atoms with Gasteiger partial charge in [-0.25, -0.2) is 0 Å². The normalized spacial score (nSPS) is 15.6. The Kier molecular flexibility index (Phi) is 8.78. The highest BCUT2D eigenvalue weighted by Gasteiger charge is 2.57. The predicted octanol–water partition coefficient (Wildman–Crippen LogP) is 12.4. The lowest BCUT2D eigenvalue weighted by atomic mass is 9.69. The van der Waals surface area contributed by atoms with E-state index in [-0.39, 0.29) is 40.3 Å². The van der Waals surface area contributed by atoms with Crippen LogP contribution < -0.4 is 9.47 Å². The topological polar surface area (TPSA) is 18.5 Å². The molecule has 2 atom stereocenters. The van der Waals surface area contributed by atoms with Gasteiger partial charge in [-0.2, -0.15) is 26.3 Å². The van der Waals surface area contributed by atoms with Crippen molar-refractivity contribution in [2.24, 2.45) is 11.8 Å². The van der Waals surface area contributed by atoms with Crippen molar-refractivity contribution in [2.45, 2.75) is 58.3 Å². The molecule has 0 fully saturated rings. The van der Waals surface area contributed by atoms with Gasteiger partial charge in [0.15, 0.2) is 11.5 Å². The fourth-order valence-corrected chi connectivity index (χ4v) is 7.35. The van der Waals surface area contributed by atoms with Gasteiger partial charge in [-0.3, -0.25) is 0 Å². The van der Waals surface area contributed by atoms with Crippen molar-refractivity contribution in [3.8, 4) is 33.8 Å². The Balaban J connectivity index is 1.78. The van der Waals surface area contributed by atoms with Gasteiger partial charge in [-0.15, -0.1) is 0 Å². The smallest absolute Gasteiger partial charge is 0.416 e. The monoisotopic (exact) mass is 780 g/mol. The Morgan fingerprint density at radius 3 is 1.57 bits per heavy atom. The van der Waals surface area contributed by atoms with Gasteiger partial charge < -0.3 is 9.47 Å². The van der Waals surface area contributed by atoms with Crippen LogP contribution in [0, 0.1) is 11.8 Å². The fraction of sp³-hybridized carbons (Fsp3) is 0.351. The SMILES string of the molecule is CCC(C)COc1cc2c(cc1OCC(C)CC)C1(c3cc(Br)ccc3-c3ccc(Br)cc31)c1c-2cc(C(F)(F)F)cc1C(F)(F)F. The minimum absolute atomic E-state index is 0.136. The summed E-state index contributed by atoms with van der Waals surface area (Å²) in [6.45, 7) is 8.70. The third-order valence-corrected chi connectivity index (χ3v) is 10.4. The zero-order valence-electron chi connectivity index (χ0n) is 26.1. The number of hydrogen-bond acceptors (Lipinski definition) is 2. The standard InChI is InChI=1S/C37H32Br2F6O2/c1-5-19(3)17-46-32-15-26-27-11-21(36(40,41)42)12-31(37(43,44)45)34(27)35(30(26)16-33(32)47-18-20(4)6-2)28-13-22(38)7-9-24(28)25-10-8-23(39)14-29(25)35/h7-16,19-20H,5-6,17-18H2,1-4H3. The molecule has 2 aliphatic carbocycles. The minimum Gasteiger partial charge on any atom is -0.489 e. The van der Waals surface area contributed by atoms with Crippen LogP contribution in [-0.4, -0.2) is 13.2 Å². The van der Waals surface area contributed by atoms with E-state index in [9.17, 15) is 13.2 Å². The highest BCUT2D eigenvalue weighted by atomic mass is 79.9. The van der Waals surface area contributed by atoms with Crippen molar-refractivity contribution < 1.29 is 35.8 Å². The summed E-state index contributed by atoms with van der Waals surface area (Å²) in [6.07, 6.45) is -8.46. The number of ether oxygens (including phenoxy) is 2. The summed E-state index contributed by atoms with van der Waals surface area (Å²) in [4.78, 5) is 0. The first-order valence-electron chi connectivity index (χ1n) is 15.5. The molecule has 4 aromatic carbocycles. The number of fused-ring (bicyclic) bond motifs is 10. The largest absolute Gasteiger partial charge is 0.489 e. The molecule has 6 rings (SSSR count). The van der Waals surface area contributed by atoms with Gasteiger partial charge in [0, 0.05) is 8.95 Å². The van der Waals surface area contributed by atoms with Crippen molar-refractivity contribution in [1.29, 1.82) is 0 Å². The second-order valence-electron chi connectivity index (χ2n) is 12.6. The Labute approximate surface area is 286 Å². The highest BCUT2D eigenvalue weighted by molar-refractivity contribution is 9.10. The van der Waals surface area contributed by atoms with E-state index in [0.717, 1.165) is 18.9 Å². The lowest BCUT2D eigenvalue weighted by Crippen LogP contribution is -2.29. The molecule has 0 heterocycles. The molecular formula is C37H32Br2F6O2. The molecular weight excluding hydrogens is 750 g/mol. The Bertz CT molecular complexity index is 1810. The molecule has 47 heavy (non-hydrogen) atoms. The van der Waals surface area contributed by atoms with Crippen molar-refractivity contribution in [2.75, 3.05) is 13.2 Å². The van der Waals surface area contributed by atoms with Gasteiger partial charge in [-0.05, 0) is 105 Å². The van der Waals surface area contributed by atoms with Crippen LogP contribution in [0.25, 0.3) is 22.3 Å². The summed E-state index contributed by atoms with van der Waals surface area (Å²) in [6, 6.07) is 15.2. The van der Waals surface area contributed by atoms with E-state index in [4.69, 9.17) is 9.47 Å². The first-order chi connectivity index (χ1) is 22.1. The van der Waals surface area contributed by atoms with Gasteiger partial charge in [0.05, 0.1) is 29.8 Å². The number of rotatable bonds is 8. The van der Waals surface area contributed by atoms with Crippen LogP contribution in [0.15, 0.2) is 69.6 Å². The van der Waals surface area contributed by atoms with E-state index in [1.54, 1.807) is 24.3 Å². The number of halogens is 8. The van der Waals surface area contributed by atoms with Gasteiger partial charge in [0.2, 0.25) is 0 Å². The Hall–Kier alpha value is -2.98. The molecule has 0 amide bonds. The zero-order chi connectivity index (χ0) is 34.1. The summed E-state index contributed by atoms with van der Waals surface area (Å²) >= 11 is 7.04. The molecule has 2 aliphatic rings. The van der Waals surface area contributed by atoms with E-state index in [1.807, 2.05) is 52.0 Å². The number of benzene rings is 4. The zero-order valence-corrected chi connectivity index (χ0v) is 29.3. The molecule has 0 aromatic heterocycles. The van der Waals surface area contributed by atoms with E-state index in [0.29, 0.717) is 55.7 Å². The van der Waals surface area contributed by atoms with Crippen LogP contribution in [0.4, 0.5) is 26.3 Å². The van der Waals surface area contributed by atoms with Gasteiger partial charge in [0.1, 0.15) is 0 Å². The molecule has 0 radical (unpaired) electrons. The van der Waals surface area contributed by atoms with Gasteiger partial charge >= 0.3 is 12.4 Å². The third-order valence-electron chi connectivity index (χ3n) is 9.43. The molecule has 0 saturated carbocycles. The molecule has 1 spiro atoms. The molecule has 0 bridgehead atoms. The summed E-state index contributed by atoms with van der Waals surface area (Å²) in [5.74, 6) is 0.941. The lowest BCUT2D eigenvalue weighted by Gasteiger charge is -2.33. The minimum atomic E-state index is -5.10. The first-order valence-corrected chi connectivity index (χ1v) is 17.1. The average Bonchev–Trinajstić information content (AvgIpc) is 3.45. The second kappa shape index (κ2) is 12.2. The van der Waals surface area contributed by atoms with E-state index in [2.05, 4.69) is 31.9 Å². The predicted molar refractivity (Wildman–Crippen MR) is 178 cm³/mol. The van der Waals surface area contributed by atoms with Crippen LogP contribution in [-0.2, 0) is 17.8 Å². The summed E-state index contributed by atoms with van der Waals surface area (Å²) in [7, 11) is 0. The van der Waals surface area contributed by atoms with Gasteiger partial charge in [-0.1, -0.05) is 84.5 Å².